The molecule has 3 N–H and O–H groups in total. The molecule has 2 aliphatic rings. The van der Waals surface area contributed by atoms with Crippen molar-refractivity contribution in [3.63, 3.8) is 0 Å². The third-order valence-electron chi connectivity index (χ3n) is 6.07. The summed E-state index contributed by atoms with van der Waals surface area (Å²) in [5.41, 5.74) is -1.40. The summed E-state index contributed by atoms with van der Waals surface area (Å²) in [5.74, 6) is -0.973. The van der Waals surface area contributed by atoms with Crippen molar-refractivity contribution in [1.82, 2.24) is 14.7 Å². The number of aliphatic hydroxyl groups is 1. The van der Waals surface area contributed by atoms with E-state index in [9.17, 15) is 19.5 Å². The van der Waals surface area contributed by atoms with Crippen molar-refractivity contribution >= 4 is 46.5 Å². The van der Waals surface area contributed by atoms with Crippen LogP contribution in [0.15, 0.2) is 23.7 Å². The van der Waals surface area contributed by atoms with Crippen LogP contribution in [0, 0.1) is 0 Å². The zero-order valence-corrected chi connectivity index (χ0v) is 30.9. The molecule has 0 unspecified atom stereocenters. The van der Waals surface area contributed by atoms with Crippen molar-refractivity contribution < 1.29 is 100 Å². The maximum Gasteiger partial charge on any atom is 1.00 e. The molecule has 1 amide bonds. The summed E-state index contributed by atoms with van der Waals surface area (Å²) in [7, 11) is 0.487. The van der Waals surface area contributed by atoms with Crippen molar-refractivity contribution in [2.45, 2.75) is 96.7 Å². The van der Waals surface area contributed by atoms with Gasteiger partial charge in [0.25, 0.3) is 0 Å². The molecule has 0 aromatic carbocycles. The van der Waals surface area contributed by atoms with E-state index in [1.165, 1.54) is 23.6 Å². The van der Waals surface area contributed by atoms with Gasteiger partial charge in [-0.2, -0.15) is 0 Å². The molecule has 0 saturated carbocycles. The molecule has 2 saturated heterocycles. The van der Waals surface area contributed by atoms with E-state index < -0.39 is 54.5 Å². The number of carboxylic acids is 1. The number of carbonyl (C=O) groups excluding carboxylic acids is 2. The van der Waals surface area contributed by atoms with Gasteiger partial charge in [-0.3, -0.25) is 9.69 Å². The van der Waals surface area contributed by atoms with E-state index in [1.54, 1.807) is 59.1 Å². The monoisotopic (exact) mass is 663 g/mol. The van der Waals surface area contributed by atoms with Gasteiger partial charge < -0.3 is 39.4 Å². The zero-order valence-electron chi connectivity index (χ0n) is 27.0. The van der Waals surface area contributed by atoms with Crippen LogP contribution in [0.2, 0.25) is 6.82 Å². The Morgan fingerprint density at radius 1 is 1.09 bits per heavy atom. The summed E-state index contributed by atoms with van der Waals surface area (Å²) in [4.78, 5) is 42.2. The molecule has 2 aliphatic heterocycles. The van der Waals surface area contributed by atoms with Gasteiger partial charge in [0.05, 0.1) is 25.1 Å². The summed E-state index contributed by atoms with van der Waals surface area (Å²) in [5, 5.41) is 40.0. The average molecular weight is 664 g/mol. The Balaban J connectivity index is 0.000000447. The number of hydrogen-bond acceptors (Lipinski definition) is 12. The Hall–Kier alpha value is -1.34. The van der Waals surface area contributed by atoms with Crippen LogP contribution >= 0.6 is 11.3 Å². The smallest absolute Gasteiger partial charge is 0.850 e. The van der Waals surface area contributed by atoms with E-state index in [2.05, 4.69) is 4.98 Å². The third kappa shape index (κ3) is 13.2. The average Bonchev–Trinajstić information content (AvgIpc) is 3.60. The number of nitrogens with zero attached hydrogens (tertiary/aromatic N) is 3. The number of β-amino-alcohol motifs (C(OH)–C–C–N with tert-alkyl or cyclic N) is 1. The van der Waals surface area contributed by atoms with Gasteiger partial charge >= 0.3 is 76.5 Å². The molecule has 2 fully saturated rings. The first kappa shape index (κ1) is 40.7. The van der Waals surface area contributed by atoms with Crippen LogP contribution in [0.3, 0.4) is 0 Å². The number of amides is 1. The predicted octanol–water partition coefficient (Wildman–Crippen LogP) is -1.01. The summed E-state index contributed by atoms with van der Waals surface area (Å²) in [6.45, 7) is 12.2. The molecule has 4 rings (SSSR count). The molecule has 240 valence electrons. The number of likely N-dealkylation sites (tertiary alicyclic amines) is 1. The van der Waals surface area contributed by atoms with Crippen molar-refractivity contribution in [2.75, 3.05) is 20.2 Å². The number of esters is 1. The fourth-order valence-corrected chi connectivity index (χ4v) is 5.15. The van der Waals surface area contributed by atoms with Crippen LogP contribution in [0.25, 0.3) is 10.1 Å². The van der Waals surface area contributed by atoms with Crippen molar-refractivity contribution in [3.05, 3.63) is 23.7 Å². The molecule has 0 bridgehead atoms. The number of thiophene rings is 1. The van der Waals surface area contributed by atoms with Crippen LogP contribution in [-0.4, -0.2) is 111 Å². The van der Waals surface area contributed by atoms with Crippen LogP contribution < -0.4 is 61.2 Å². The van der Waals surface area contributed by atoms with E-state index in [1.807, 2.05) is 17.5 Å². The SMILES string of the molecule is CB(O)N1C[C@H](O)C[C@H]1C(=O)O.CC(C)(C)[O-].COC(=O)[C@@H]1C[C@@H](Oc2nccc3sccc23)CN1C(=O)OC(C)(C)C.[K+]. The summed E-state index contributed by atoms with van der Waals surface area (Å²) in [6, 6.07) is 2.38. The molecule has 44 heavy (non-hydrogen) atoms. The number of hydrogen-bond donors (Lipinski definition) is 3. The second-order valence-electron chi connectivity index (χ2n) is 12.3. The maximum atomic E-state index is 12.5. The minimum Gasteiger partial charge on any atom is -0.850 e. The number of fused-ring (bicyclic) bond motifs is 1. The topological polar surface area (TPSA) is 182 Å². The molecular formula is C28H43BKN3O10S. The molecule has 4 heterocycles. The molecule has 4 atom stereocenters. The Morgan fingerprint density at radius 2 is 1.70 bits per heavy atom. The normalized spacial score (nSPS) is 21.7. The Bertz CT molecular complexity index is 1230. The van der Waals surface area contributed by atoms with Gasteiger partial charge in [0.15, 0.2) is 0 Å². The Kier molecular flexibility index (Phi) is 16.2. The van der Waals surface area contributed by atoms with Crippen molar-refractivity contribution in [2.24, 2.45) is 0 Å². The minimum absolute atomic E-state index is 0. The first-order valence-corrected chi connectivity index (χ1v) is 14.8. The number of carboxylic acid groups (broad SMARTS) is 1. The molecule has 0 aliphatic carbocycles. The predicted molar refractivity (Wildman–Crippen MR) is 160 cm³/mol. The Labute approximate surface area is 305 Å². The Morgan fingerprint density at radius 3 is 2.20 bits per heavy atom. The number of methoxy groups -OCH3 is 1. The van der Waals surface area contributed by atoms with E-state index in [0.29, 0.717) is 12.3 Å². The van der Waals surface area contributed by atoms with Crippen LogP contribution in [0.5, 0.6) is 5.88 Å². The number of aliphatic carboxylic acids is 1. The first-order chi connectivity index (χ1) is 19.8. The van der Waals surface area contributed by atoms with Crippen LogP contribution in [-0.2, 0) is 19.1 Å². The maximum absolute atomic E-state index is 12.5. The molecule has 2 aromatic rings. The van der Waals surface area contributed by atoms with E-state index >= 15 is 0 Å². The quantitative estimate of drug-likeness (QED) is 0.262. The number of rotatable bonds is 5. The van der Waals surface area contributed by atoms with Gasteiger partial charge in [-0.05, 0) is 51.5 Å². The largest absolute Gasteiger partial charge is 1.00 e. The second kappa shape index (κ2) is 17.5. The fourth-order valence-electron chi connectivity index (χ4n) is 4.38. The van der Waals surface area contributed by atoms with Gasteiger partial charge in [0.1, 0.15) is 23.8 Å². The van der Waals surface area contributed by atoms with Gasteiger partial charge in [0.2, 0.25) is 5.88 Å². The van der Waals surface area contributed by atoms with Crippen molar-refractivity contribution in [1.29, 1.82) is 0 Å². The molecule has 2 aromatic heterocycles. The molecule has 16 heteroatoms. The van der Waals surface area contributed by atoms with Gasteiger partial charge in [-0.1, -0.05) is 20.8 Å². The van der Waals surface area contributed by atoms with Crippen molar-refractivity contribution in [3.8, 4) is 5.88 Å². The number of ether oxygens (including phenoxy) is 3. The second-order valence-corrected chi connectivity index (χ2v) is 13.2. The van der Waals surface area contributed by atoms with Gasteiger partial charge in [-0.15, -0.1) is 16.9 Å². The van der Waals surface area contributed by atoms with Crippen LogP contribution in [0.1, 0.15) is 54.4 Å². The number of aromatic nitrogens is 1. The third-order valence-corrected chi connectivity index (χ3v) is 6.95. The summed E-state index contributed by atoms with van der Waals surface area (Å²) in [6.07, 6.45) is 0.645. The van der Waals surface area contributed by atoms with Crippen LogP contribution in [0.4, 0.5) is 4.79 Å². The van der Waals surface area contributed by atoms with E-state index in [4.69, 9.17) is 29.4 Å². The number of aliphatic hydroxyl groups excluding tert-OH is 1. The standard InChI is InChI=1S/C18H22N2O5S.C6H12BNO4.C4H9O.K/c1-18(2,3)25-17(22)20-10-11(9-13(20)16(21)23-4)24-15-12-6-8-26-14(12)5-7-19-15;1-7(12)8-3-4(9)2-5(8)6(10)11;1-4(2,3)5;/h5-8,11,13H,9-10H2,1-4H3;4-5,9,12H,2-3H2,1H3,(H,10,11);1-3H3;/q;;-1;+1/t11-,13+;4-,5+;;/m11../s1. The van der Waals surface area contributed by atoms with Gasteiger partial charge in [0, 0.05) is 23.9 Å². The van der Waals surface area contributed by atoms with Gasteiger partial charge in [-0.25, -0.2) is 14.6 Å². The number of pyridine rings is 1. The summed E-state index contributed by atoms with van der Waals surface area (Å²) < 4.78 is 17.3. The zero-order chi connectivity index (χ0) is 32.7. The van der Waals surface area contributed by atoms with E-state index in [0.717, 1.165) is 10.1 Å². The molecule has 0 spiro atoms. The molecule has 13 nitrogen and oxygen atoms in total. The van der Waals surface area contributed by atoms with E-state index in [-0.39, 0.29) is 77.0 Å². The summed E-state index contributed by atoms with van der Waals surface area (Å²) >= 11 is 1.60. The molecular weight excluding hydrogens is 620 g/mol. The molecule has 0 radical (unpaired) electrons. The number of carbonyl (C=O) groups is 3. The minimum atomic E-state index is -0.993. The first-order valence-electron chi connectivity index (χ1n) is 13.9. The fraction of sp³-hybridized carbons (Fsp3) is 0.643.